The van der Waals surface area contributed by atoms with E-state index in [2.05, 4.69) is 63.1 Å². The molecule has 0 bridgehead atoms. The SMILES string of the molecule is CC(Br)C(Br)C=Cc1ccccc1. The van der Waals surface area contributed by atoms with Crippen LogP contribution < -0.4 is 0 Å². The largest absolute Gasteiger partial charge is 0.0878 e. The molecule has 0 N–H and O–H groups in total. The third-order valence-corrected chi connectivity index (χ3v) is 4.09. The van der Waals surface area contributed by atoms with E-state index in [-0.39, 0.29) is 0 Å². The highest BCUT2D eigenvalue weighted by atomic mass is 79.9. The minimum Gasteiger partial charge on any atom is -0.0878 e. The molecule has 0 aliphatic rings. The fourth-order valence-corrected chi connectivity index (χ4v) is 1.25. The third-order valence-electron chi connectivity index (χ3n) is 1.71. The molecule has 1 rings (SSSR count). The highest BCUT2D eigenvalue weighted by molar-refractivity contribution is 9.12. The summed E-state index contributed by atoms with van der Waals surface area (Å²) >= 11 is 7.08. The average molecular weight is 304 g/mol. The number of alkyl halides is 2. The molecule has 0 nitrogen and oxygen atoms in total. The molecule has 0 aliphatic carbocycles. The molecule has 2 unspecified atom stereocenters. The van der Waals surface area contributed by atoms with Gasteiger partial charge in [0.25, 0.3) is 0 Å². The molecule has 1 aromatic carbocycles. The van der Waals surface area contributed by atoms with Crippen molar-refractivity contribution in [2.45, 2.75) is 16.6 Å². The van der Waals surface area contributed by atoms with Crippen molar-refractivity contribution < 1.29 is 0 Å². The minimum atomic E-state index is 0.382. The van der Waals surface area contributed by atoms with Crippen LogP contribution >= 0.6 is 31.9 Å². The van der Waals surface area contributed by atoms with Gasteiger partial charge in [-0.1, -0.05) is 81.3 Å². The van der Waals surface area contributed by atoms with E-state index in [0.29, 0.717) is 9.65 Å². The quantitative estimate of drug-likeness (QED) is 0.733. The zero-order valence-corrected chi connectivity index (χ0v) is 10.6. The molecule has 0 heterocycles. The van der Waals surface area contributed by atoms with Crippen molar-refractivity contribution in [3.63, 3.8) is 0 Å². The Morgan fingerprint density at radius 3 is 2.31 bits per heavy atom. The summed E-state index contributed by atoms with van der Waals surface area (Å²) in [7, 11) is 0. The molecule has 2 atom stereocenters. The highest BCUT2D eigenvalue weighted by Gasteiger charge is 2.04. The van der Waals surface area contributed by atoms with Gasteiger partial charge in [-0.05, 0) is 5.56 Å². The summed E-state index contributed by atoms with van der Waals surface area (Å²) in [5, 5.41) is 0. The zero-order valence-electron chi connectivity index (χ0n) is 7.45. The Morgan fingerprint density at radius 1 is 1.15 bits per heavy atom. The van der Waals surface area contributed by atoms with Gasteiger partial charge in [0, 0.05) is 9.65 Å². The number of allylic oxidation sites excluding steroid dienone is 1. The summed E-state index contributed by atoms with van der Waals surface area (Å²) < 4.78 is 0. The molecular weight excluding hydrogens is 292 g/mol. The Labute approximate surface area is 96.3 Å². The maximum atomic E-state index is 3.57. The van der Waals surface area contributed by atoms with E-state index in [1.54, 1.807) is 0 Å². The first-order chi connectivity index (χ1) is 6.20. The van der Waals surface area contributed by atoms with Gasteiger partial charge in [-0.25, -0.2) is 0 Å². The highest BCUT2D eigenvalue weighted by Crippen LogP contribution is 2.16. The first-order valence-corrected chi connectivity index (χ1v) is 6.04. The van der Waals surface area contributed by atoms with E-state index in [1.807, 2.05) is 18.2 Å². The number of benzene rings is 1. The van der Waals surface area contributed by atoms with Crippen LogP contribution in [0.25, 0.3) is 6.08 Å². The van der Waals surface area contributed by atoms with E-state index in [0.717, 1.165) is 0 Å². The van der Waals surface area contributed by atoms with E-state index < -0.39 is 0 Å². The van der Waals surface area contributed by atoms with Crippen LogP contribution in [0.15, 0.2) is 36.4 Å². The van der Waals surface area contributed by atoms with Gasteiger partial charge in [0.05, 0.1) is 0 Å². The van der Waals surface area contributed by atoms with Crippen molar-refractivity contribution in [3.05, 3.63) is 42.0 Å². The van der Waals surface area contributed by atoms with Crippen molar-refractivity contribution in [2.75, 3.05) is 0 Å². The summed E-state index contributed by atoms with van der Waals surface area (Å²) in [6.07, 6.45) is 4.27. The Kier molecular flexibility index (Phi) is 4.74. The molecule has 70 valence electrons. The third kappa shape index (κ3) is 4.10. The molecule has 1 aromatic rings. The van der Waals surface area contributed by atoms with Gasteiger partial charge in [0.2, 0.25) is 0 Å². The van der Waals surface area contributed by atoms with Crippen LogP contribution in [0.3, 0.4) is 0 Å². The molecule has 0 fully saturated rings. The van der Waals surface area contributed by atoms with Crippen molar-refractivity contribution in [1.29, 1.82) is 0 Å². The van der Waals surface area contributed by atoms with Crippen molar-refractivity contribution in [2.24, 2.45) is 0 Å². The molecule has 0 amide bonds. The number of hydrogen-bond donors (Lipinski definition) is 0. The molecule has 0 saturated heterocycles. The molecule has 0 radical (unpaired) electrons. The number of hydrogen-bond acceptors (Lipinski definition) is 0. The standard InChI is InChI=1S/C11H12Br2/c1-9(12)11(13)8-7-10-5-3-2-4-6-10/h2-9,11H,1H3. The van der Waals surface area contributed by atoms with E-state index in [9.17, 15) is 0 Å². The van der Waals surface area contributed by atoms with Gasteiger partial charge < -0.3 is 0 Å². The zero-order chi connectivity index (χ0) is 9.68. The maximum Gasteiger partial charge on any atom is 0.0451 e. The lowest BCUT2D eigenvalue weighted by atomic mass is 10.2. The predicted octanol–water partition coefficient (Wildman–Crippen LogP) is 4.25. The lowest BCUT2D eigenvalue weighted by molar-refractivity contribution is 1.04. The maximum absolute atomic E-state index is 3.57. The second-order valence-electron chi connectivity index (χ2n) is 2.89. The summed E-state index contributed by atoms with van der Waals surface area (Å²) in [5.74, 6) is 0. The molecule has 0 spiro atoms. The van der Waals surface area contributed by atoms with Crippen LogP contribution in [0.2, 0.25) is 0 Å². The van der Waals surface area contributed by atoms with Gasteiger partial charge >= 0.3 is 0 Å². The van der Waals surface area contributed by atoms with Gasteiger partial charge in [0.15, 0.2) is 0 Å². The summed E-state index contributed by atoms with van der Waals surface area (Å²) in [6, 6.07) is 10.3. The first kappa shape index (κ1) is 11.0. The monoisotopic (exact) mass is 302 g/mol. The Bertz CT molecular complexity index is 265. The molecule has 2 heteroatoms. The average Bonchev–Trinajstić information content (AvgIpc) is 2.15. The van der Waals surface area contributed by atoms with E-state index in [4.69, 9.17) is 0 Å². The Balaban J connectivity index is 2.59. The van der Waals surface area contributed by atoms with Crippen LogP contribution in [0.5, 0.6) is 0 Å². The smallest absolute Gasteiger partial charge is 0.0451 e. The number of halogens is 2. The fraction of sp³-hybridized carbons (Fsp3) is 0.273. The van der Waals surface area contributed by atoms with Gasteiger partial charge in [-0.2, -0.15) is 0 Å². The minimum absolute atomic E-state index is 0.382. The topological polar surface area (TPSA) is 0 Å². The first-order valence-electron chi connectivity index (χ1n) is 4.21. The van der Waals surface area contributed by atoms with Crippen LogP contribution in [0.4, 0.5) is 0 Å². The van der Waals surface area contributed by atoms with Crippen molar-refractivity contribution >= 4 is 37.9 Å². The number of rotatable bonds is 3. The molecule has 0 saturated carbocycles. The summed E-state index contributed by atoms with van der Waals surface area (Å²) in [5.41, 5.74) is 1.24. The summed E-state index contributed by atoms with van der Waals surface area (Å²) in [4.78, 5) is 0.833. The van der Waals surface area contributed by atoms with Crippen LogP contribution in [-0.4, -0.2) is 9.65 Å². The summed E-state index contributed by atoms with van der Waals surface area (Å²) in [6.45, 7) is 2.12. The van der Waals surface area contributed by atoms with Crippen LogP contribution in [0.1, 0.15) is 12.5 Å². The van der Waals surface area contributed by atoms with Gasteiger partial charge in [0.1, 0.15) is 0 Å². The van der Waals surface area contributed by atoms with Gasteiger partial charge in [-0.15, -0.1) is 0 Å². The normalized spacial score (nSPS) is 15.9. The Morgan fingerprint density at radius 2 is 1.77 bits per heavy atom. The molecule has 0 aromatic heterocycles. The molecule has 0 aliphatic heterocycles. The lowest BCUT2D eigenvalue weighted by Gasteiger charge is -2.05. The second-order valence-corrected chi connectivity index (χ2v) is 5.39. The molecule has 13 heavy (non-hydrogen) atoms. The van der Waals surface area contributed by atoms with Crippen molar-refractivity contribution in [1.82, 2.24) is 0 Å². The van der Waals surface area contributed by atoms with Gasteiger partial charge in [-0.3, -0.25) is 0 Å². The van der Waals surface area contributed by atoms with Crippen molar-refractivity contribution in [3.8, 4) is 0 Å². The van der Waals surface area contributed by atoms with E-state index in [1.165, 1.54) is 5.56 Å². The van der Waals surface area contributed by atoms with Crippen LogP contribution in [0, 0.1) is 0 Å². The Hall–Kier alpha value is -0.0800. The second kappa shape index (κ2) is 5.61. The van der Waals surface area contributed by atoms with Crippen LogP contribution in [-0.2, 0) is 0 Å². The molecular formula is C11H12Br2. The lowest BCUT2D eigenvalue weighted by Crippen LogP contribution is -2.04. The fourth-order valence-electron chi connectivity index (χ4n) is 0.920. The predicted molar refractivity (Wildman–Crippen MR) is 66.6 cm³/mol. The van der Waals surface area contributed by atoms with E-state index >= 15 is 0 Å².